The molecule has 0 unspecified atom stereocenters. The maximum Gasteiger partial charge on any atom is 0.231 e. The van der Waals surface area contributed by atoms with Gasteiger partial charge in [0.1, 0.15) is 0 Å². The molecule has 1 aromatic heterocycles. The number of hydrogen-bond acceptors (Lipinski definition) is 5. The Balaban J connectivity index is 1.29. The minimum absolute atomic E-state index is 0.0376. The average Bonchev–Trinajstić information content (AvgIpc) is 3.31. The third kappa shape index (κ3) is 5.22. The summed E-state index contributed by atoms with van der Waals surface area (Å²) in [6, 6.07) is 8.17. The molecule has 2 fully saturated rings. The van der Waals surface area contributed by atoms with Crippen LogP contribution < -0.4 is 5.32 Å². The number of carbonyl (C=O) groups excluding carboxylic acids is 2. The predicted molar refractivity (Wildman–Crippen MR) is 115 cm³/mol. The largest absolute Gasteiger partial charge is 0.338 e. The summed E-state index contributed by atoms with van der Waals surface area (Å²) >= 11 is 1.46. The summed E-state index contributed by atoms with van der Waals surface area (Å²) < 4.78 is 0. The van der Waals surface area contributed by atoms with E-state index < -0.39 is 0 Å². The molecule has 1 atom stereocenters. The average molecular weight is 413 g/mol. The van der Waals surface area contributed by atoms with Gasteiger partial charge in [-0.05, 0) is 38.4 Å². The van der Waals surface area contributed by atoms with Gasteiger partial charge in [0.25, 0.3) is 0 Å². The van der Waals surface area contributed by atoms with E-state index >= 15 is 0 Å². The highest BCUT2D eigenvalue weighted by Gasteiger charge is 2.34. The molecule has 29 heavy (non-hydrogen) atoms. The van der Waals surface area contributed by atoms with Crippen LogP contribution in [0.25, 0.3) is 0 Å². The smallest absolute Gasteiger partial charge is 0.231 e. The summed E-state index contributed by atoms with van der Waals surface area (Å²) in [6.07, 6.45) is 4.09. The Morgan fingerprint density at radius 1 is 1.17 bits per heavy atom. The van der Waals surface area contributed by atoms with Crippen molar-refractivity contribution in [3.63, 3.8) is 0 Å². The number of likely N-dealkylation sites (tertiary alicyclic amines) is 2. The van der Waals surface area contributed by atoms with Crippen molar-refractivity contribution in [1.29, 1.82) is 0 Å². The third-order valence-corrected chi connectivity index (χ3v) is 6.50. The molecule has 1 aromatic carbocycles. The van der Waals surface area contributed by atoms with Gasteiger partial charge in [0.2, 0.25) is 11.8 Å². The Labute approximate surface area is 175 Å². The van der Waals surface area contributed by atoms with Gasteiger partial charge in [-0.2, -0.15) is 0 Å². The van der Waals surface area contributed by atoms with E-state index in [4.69, 9.17) is 0 Å². The number of piperidine rings is 1. The number of hydrogen-bond donors (Lipinski definition) is 1. The number of benzene rings is 1. The minimum Gasteiger partial charge on any atom is -0.338 e. The topological polar surface area (TPSA) is 65.5 Å². The number of aryl methyl sites for hydroxylation is 1. The number of carbonyl (C=O) groups is 2. The molecule has 2 aliphatic rings. The van der Waals surface area contributed by atoms with Crippen molar-refractivity contribution in [2.45, 2.75) is 45.7 Å². The van der Waals surface area contributed by atoms with Gasteiger partial charge in [0.15, 0.2) is 5.13 Å². The fraction of sp³-hybridized carbons (Fsp3) is 0.500. The number of amides is 2. The highest BCUT2D eigenvalue weighted by Crippen LogP contribution is 2.24. The van der Waals surface area contributed by atoms with Gasteiger partial charge < -0.3 is 10.2 Å². The quantitative estimate of drug-likeness (QED) is 0.790. The molecule has 0 saturated carbocycles. The lowest BCUT2D eigenvalue weighted by Gasteiger charge is -2.25. The van der Waals surface area contributed by atoms with Crippen molar-refractivity contribution in [1.82, 2.24) is 14.8 Å². The first-order valence-corrected chi connectivity index (χ1v) is 11.3. The molecule has 0 spiro atoms. The first-order valence-electron chi connectivity index (χ1n) is 10.4. The Hall–Kier alpha value is -2.25. The molecule has 0 bridgehead atoms. The van der Waals surface area contributed by atoms with Crippen LogP contribution in [0.3, 0.4) is 0 Å². The van der Waals surface area contributed by atoms with Gasteiger partial charge in [-0.1, -0.05) is 36.2 Å². The Morgan fingerprint density at radius 3 is 2.69 bits per heavy atom. The van der Waals surface area contributed by atoms with Crippen LogP contribution in [-0.4, -0.2) is 46.2 Å². The Kier molecular flexibility index (Phi) is 6.25. The van der Waals surface area contributed by atoms with Crippen LogP contribution in [0.5, 0.6) is 0 Å². The van der Waals surface area contributed by atoms with Crippen molar-refractivity contribution in [2.24, 2.45) is 5.92 Å². The second-order valence-corrected chi connectivity index (χ2v) is 8.99. The van der Waals surface area contributed by atoms with Gasteiger partial charge in [-0.15, -0.1) is 11.3 Å². The van der Waals surface area contributed by atoms with Crippen molar-refractivity contribution >= 4 is 28.3 Å². The van der Waals surface area contributed by atoms with Crippen LogP contribution in [0, 0.1) is 12.8 Å². The molecule has 6 nitrogen and oxygen atoms in total. The van der Waals surface area contributed by atoms with E-state index in [1.807, 2.05) is 36.6 Å². The number of thiazole rings is 1. The molecule has 7 heteroatoms. The van der Waals surface area contributed by atoms with Crippen LogP contribution in [0.4, 0.5) is 5.13 Å². The van der Waals surface area contributed by atoms with E-state index in [9.17, 15) is 9.59 Å². The van der Waals surface area contributed by atoms with E-state index in [0.29, 0.717) is 18.2 Å². The number of anilines is 1. The van der Waals surface area contributed by atoms with E-state index in [1.54, 1.807) is 4.90 Å². The van der Waals surface area contributed by atoms with Crippen LogP contribution in [0.15, 0.2) is 29.6 Å². The summed E-state index contributed by atoms with van der Waals surface area (Å²) in [5, 5.41) is 5.58. The molecule has 1 N–H and O–H groups in total. The fourth-order valence-corrected chi connectivity index (χ4v) is 4.71. The minimum atomic E-state index is -0.317. The molecular weight excluding hydrogens is 384 g/mol. The SMILES string of the molecule is Cc1ccc(CN2C[C@@H](C(=O)Nc3nc(CN4CCCCC4)cs3)CC2=O)cc1. The second kappa shape index (κ2) is 9.05. The number of rotatable bonds is 6. The number of nitrogens with one attached hydrogen (secondary N) is 1. The number of aromatic nitrogens is 1. The first kappa shape index (κ1) is 20.0. The van der Waals surface area contributed by atoms with E-state index in [2.05, 4.69) is 15.2 Å². The summed E-state index contributed by atoms with van der Waals surface area (Å²) in [4.78, 5) is 33.8. The molecule has 0 aliphatic carbocycles. The van der Waals surface area contributed by atoms with E-state index in [-0.39, 0.29) is 24.2 Å². The van der Waals surface area contributed by atoms with Crippen molar-refractivity contribution in [2.75, 3.05) is 25.0 Å². The molecule has 4 rings (SSSR count). The lowest BCUT2D eigenvalue weighted by atomic mass is 10.1. The summed E-state index contributed by atoms with van der Waals surface area (Å²) in [5.74, 6) is -0.387. The molecule has 2 aliphatic heterocycles. The van der Waals surface area contributed by atoms with Gasteiger partial charge in [0, 0.05) is 31.4 Å². The van der Waals surface area contributed by atoms with Gasteiger partial charge in [-0.3, -0.25) is 14.5 Å². The lowest BCUT2D eigenvalue weighted by molar-refractivity contribution is -0.128. The zero-order chi connectivity index (χ0) is 20.2. The summed E-state index contributed by atoms with van der Waals surface area (Å²) in [7, 11) is 0. The Morgan fingerprint density at radius 2 is 1.93 bits per heavy atom. The highest BCUT2D eigenvalue weighted by molar-refractivity contribution is 7.13. The van der Waals surface area contributed by atoms with E-state index in [0.717, 1.165) is 30.9 Å². The zero-order valence-corrected chi connectivity index (χ0v) is 17.7. The van der Waals surface area contributed by atoms with Crippen molar-refractivity contribution < 1.29 is 9.59 Å². The van der Waals surface area contributed by atoms with Crippen molar-refractivity contribution in [3.05, 3.63) is 46.5 Å². The summed E-state index contributed by atoms with van der Waals surface area (Å²) in [5.41, 5.74) is 3.30. The van der Waals surface area contributed by atoms with Gasteiger partial charge in [0.05, 0.1) is 11.6 Å². The monoisotopic (exact) mass is 412 g/mol. The third-order valence-electron chi connectivity index (χ3n) is 5.70. The van der Waals surface area contributed by atoms with Crippen LogP contribution in [0.1, 0.15) is 42.5 Å². The van der Waals surface area contributed by atoms with Crippen LogP contribution >= 0.6 is 11.3 Å². The normalized spacial score (nSPS) is 20.2. The lowest BCUT2D eigenvalue weighted by Crippen LogP contribution is -2.29. The molecule has 2 saturated heterocycles. The molecule has 154 valence electrons. The molecule has 3 heterocycles. The molecule has 2 amide bonds. The Bertz CT molecular complexity index is 858. The molecule has 0 radical (unpaired) electrons. The standard InChI is InChI=1S/C22H28N4O2S/c1-16-5-7-17(8-6-16)12-26-13-18(11-20(26)27)21(28)24-22-23-19(15-29-22)14-25-9-3-2-4-10-25/h5-8,15,18H,2-4,9-14H2,1H3,(H,23,24,28)/t18-/m0/s1. The van der Waals surface area contributed by atoms with Gasteiger partial charge >= 0.3 is 0 Å². The van der Waals surface area contributed by atoms with Crippen LogP contribution in [-0.2, 0) is 22.7 Å². The number of nitrogens with zero attached hydrogens (tertiary/aromatic N) is 3. The second-order valence-electron chi connectivity index (χ2n) is 8.13. The maximum absolute atomic E-state index is 12.7. The molecule has 2 aromatic rings. The fourth-order valence-electron chi connectivity index (χ4n) is 4.01. The van der Waals surface area contributed by atoms with E-state index in [1.165, 1.54) is 36.2 Å². The maximum atomic E-state index is 12.7. The predicted octanol–water partition coefficient (Wildman–Crippen LogP) is 3.42. The molecular formula is C22H28N4O2S. The van der Waals surface area contributed by atoms with Crippen molar-refractivity contribution in [3.8, 4) is 0 Å². The first-order chi connectivity index (χ1) is 14.1. The highest BCUT2D eigenvalue weighted by atomic mass is 32.1. The van der Waals surface area contributed by atoms with Crippen LogP contribution in [0.2, 0.25) is 0 Å². The zero-order valence-electron chi connectivity index (χ0n) is 16.9. The van der Waals surface area contributed by atoms with Gasteiger partial charge in [-0.25, -0.2) is 4.98 Å². The summed E-state index contributed by atoms with van der Waals surface area (Å²) in [6.45, 7) is 6.16.